The van der Waals surface area contributed by atoms with Crippen LogP contribution in [0.4, 0.5) is 4.39 Å². The first-order valence-electron chi connectivity index (χ1n) is 4.84. The number of hydrogen-bond acceptors (Lipinski definition) is 1. The molecule has 2 aromatic rings. The number of nitriles is 1. The number of nitrogens with one attached hydrogen (secondary N) is 1. The normalized spacial score (nSPS) is 10.9. The summed E-state index contributed by atoms with van der Waals surface area (Å²) in [4.78, 5) is 2.81. The number of rotatable bonds is 1. The van der Waals surface area contributed by atoms with Gasteiger partial charge in [-0.05, 0) is 17.5 Å². The molecule has 15 heavy (non-hydrogen) atoms. The Labute approximate surface area is 87.3 Å². The van der Waals surface area contributed by atoms with Gasteiger partial charge in [-0.15, -0.1) is 0 Å². The molecule has 1 N–H and O–H groups in total. The molecule has 0 amide bonds. The van der Waals surface area contributed by atoms with Gasteiger partial charge in [0.25, 0.3) is 0 Å². The molecule has 0 aliphatic carbocycles. The zero-order chi connectivity index (χ0) is 11.0. The van der Waals surface area contributed by atoms with Crippen LogP contribution in [0.5, 0.6) is 0 Å². The van der Waals surface area contributed by atoms with Gasteiger partial charge < -0.3 is 4.98 Å². The van der Waals surface area contributed by atoms with Crippen LogP contribution in [0.1, 0.15) is 30.9 Å². The average Bonchev–Trinajstić information content (AvgIpc) is 2.62. The summed E-state index contributed by atoms with van der Waals surface area (Å²) in [7, 11) is 0. The van der Waals surface area contributed by atoms with Crippen LogP contribution < -0.4 is 0 Å². The van der Waals surface area contributed by atoms with Crippen LogP contribution in [0.3, 0.4) is 0 Å². The smallest absolute Gasteiger partial charge is 0.147 e. The molecular weight excluding hydrogens is 191 g/mol. The molecule has 1 aromatic heterocycles. The molecule has 0 aliphatic rings. The molecule has 76 valence electrons. The first-order valence-corrected chi connectivity index (χ1v) is 4.84. The van der Waals surface area contributed by atoms with E-state index in [9.17, 15) is 4.39 Å². The van der Waals surface area contributed by atoms with Crippen LogP contribution in [0.2, 0.25) is 0 Å². The predicted molar refractivity (Wildman–Crippen MR) is 57.1 cm³/mol. The maximum Gasteiger partial charge on any atom is 0.147 e. The average molecular weight is 202 g/mol. The first kappa shape index (κ1) is 9.72. The van der Waals surface area contributed by atoms with Crippen LogP contribution in [-0.4, -0.2) is 4.98 Å². The van der Waals surface area contributed by atoms with Gasteiger partial charge >= 0.3 is 0 Å². The number of benzene rings is 1. The largest absolute Gasteiger partial charge is 0.357 e. The molecule has 0 saturated carbocycles. The minimum Gasteiger partial charge on any atom is -0.357 e. The van der Waals surface area contributed by atoms with Gasteiger partial charge in [-0.1, -0.05) is 19.9 Å². The fraction of sp³-hybridized carbons (Fsp3) is 0.250. The number of H-pyrrole nitrogens is 1. The molecule has 0 unspecified atom stereocenters. The minimum atomic E-state index is -0.309. The standard InChI is InChI=1S/C12H11FN2/c1-7(2)9-3-4-10(13)12-11(9)8(5-14)6-15-12/h3-4,6-7,15H,1-2H3. The van der Waals surface area contributed by atoms with Crippen molar-refractivity contribution in [2.75, 3.05) is 0 Å². The van der Waals surface area contributed by atoms with Crippen LogP contribution >= 0.6 is 0 Å². The van der Waals surface area contributed by atoms with E-state index in [0.29, 0.717) is 16.5 Å². The zero-order valence-corrected chi connectivity index (χ0v) is 8.63. The first-order chi connectivity index (χ1) is 7.15. The molecule has 0 atom stereocenters. The van der Waals surface area contributed by atoms with E-state index >= 15 is 0 Å². The number of aromatic nitrogens is 1. The zero-order valence-electron chi connectivity index (χ0n) is 8.63. The molecule has 2 rings (SSSR count). The number of fused-ring (bicyclic) bond motifs is 1. The molecular formula is C12H11FN2. The second kappa shape index (κ2) is 3.39. The number of halogens is 1. The van der Waals surface area contributed by atoms with Crippen molar-refractivity contribution in [2.45, 2.75) is 19.8 Å². The summed E-state index contributed by atoms with van der Waals surface area (Å²) in [5.74, 6) is -0.0353. The van der Waals surface area contributed by atoms with Crippen molar-refractivity contribution in [3.8, 4) is 6.07 Å². The Hall–Kier alpha value is -1.82. The van der Waals surface area contributed by atoms with Crippen molar-refractivity contribution in [1.82, 2.24) is 4.98 Å². The summed E-state index contributed by atoms with van der Waals surface area (Å²) in [6.45, 7) is 4.06. The van der Waals surface area contributed by atoms with Crippen molar-refractivity contribution >= 4 is 10.9 Å². The van der Waals surface area contributed by atoms with E-state index in [2.05, 4.69) is 11.1 Å². The SMILES string of the molecule is CC(C)c1ccc(F)c2[nH]cc(C#N)c12. The second-order valence-electron chi connectivity index (χ2n) is 3.86. The van der Waals surface area contributed by atoms with Crippen LogP contribution in [-0.2, 0) is 0 Å². The van der Waals surface area contributed by atoms with Crippen LogP contribution in [0.25, 0.3) is 10.9 Å². The molecule has 1 aromatic carbocycles. The highest BCUT2D eigenvalue weighted by Gasteiger charge is 2.13. The molecule has 0 radical (unpaired) electrons. The molecule has 2 nitrogen and oxygen atoms in total. The molecule has 0 saturated heterocycles. The highest BCUT2D eigenvalue weighted by molar-refractivity contribution is 5.89. The van der Waals surface area contributed by atoms with Gasteiger partial charge in [0.15, 0.2) is 0 Å². The summed E-state index contributed by atoms with van der Waals surface area (Å²) in [6.07, 6.45) is 1.56. The summed E-state index contributed by atoms with van der Waals surface area (Å²) < 4.78 is 13.4. The van der Waals surface area contributed by atoms with E-state index in [4.69, 9.17) is 5.26 Å². The lowest BCUT2D eigenvalue weighted by atomic mass is 9.97. The Bertz CT molecular complexity index is 546. The number of nitrogens with zero attached hydrogens (tertiary/aromatic N) is 1. The highest BCUT2D eigenvalue weighted by atomic mass is 19.1. The monoisotopic (exact) mass is 202 g/mol. The van der Waals surface area contributed by atoms with Gasteiger partial charge in [-0.2, -0.15) is 5.26 Å². The lowest BCUT2D eigenvalue weighted by Crippen LogP contribution is -1.91. The van der Waals surface area contributed by atoms with Crippen molar-refractivity contribution < 1.29 is 4.39 Å². The summed E-state index contributed by atoms with van der Waals surface area (Å²) in [5, 5.41) is 9.64. The molecule has 0 fully saturated rings. The Kier molecular flexibility index (Phi) is 2.20. The van der Waals surface area contributed by atoms with Crippen LogP contribution in [0.15, 0.2) is 18.3 Å². The maximum absolute atomic E-state index is 13.4. The molecule has 0 aliphatic heterocycles. The van der Waals surface area contributed by atoms with Gasteiger partial charge in [-0.25, -0.2) is 4.39 Å². The summed E-state index contributed by atoms with van der Waals surface area (Å²) >= 11 is 0. The third-order valence-corrected chi connectivity index (χ3v) is 2.56. The van der Waals surface area contributed by atoms with Crippen molar-refractivity contribution in [1.29, 1.82) is 5.26 Å². The Balaban J connectivity index is 2.89. The third kappa shape index (κ3) is 1.39. The summed E-state index contributed by atoms with van der Waals surface area (Å²) in [5.41, 5.74) is 1.94. The van der Waals surface area contributed by atoms with Gasteiger partial charge in [0.2, 0.25) is 0 Å². The van der Waals surface area contributed by atoms with Crippen molar-refractivity contribution in [2.24, 2.45) is 0 Å². The van der Waals surface area contributed by atoms with Crippen molar-refractivity contribution in [3.05, 3.63) is 35.3 Å². The Morgan fingerprint density at radius 3 is 2.73 bits per heavy atom. The van der Waals surface area contributed by atoms with Gasteiger partial charge in [0.05, 0.1) is 11.1 Å². The molecule has 0 bridgehead atoms. The Morgan fingerprint density at radius 1 is 1.40 bits per heavy atom. The molecule has 1 heterocycles. The van der Waals surface area contributed by atoms with E-state index in [-0.39, 0.29) is 11.7 Å². The van der Waals surface area contributed by atoms with Crippen LogP contribution in [0, 0.1) is 17.1 Å². The predicted octanol–water partition coefficient (Wildman–Crippen LogP) is 3.30. The number of aromatic amines is 1. The van der Waals surface area contributed by atoms with Gasteiger partial charge in [0.1, 0.15) is 11.9 Å². The van der Waals surface area contributed by atoms with E-state index in [1.54, 1.807) is 12.3 Å². The fourth-order valence-corrected chi connectivity index (χ4v) is 1.81. The highest BCUT2D eigenvalue weighted by Crippen LogP contribution is 2.29. The third-order valence-electron chi connectivity index (χ3n) is 2.56. The molecule has 3 heteroatoms. The van der Waals surface area contributed by atoms with E-state index < -0.39 is 0 Å². The quantitative estimate of drug-likeness (QED) is 0.757. The summed E-state index contributed by atoms with van der Waals surface area (Å²) in [6, 6.07) is 5.26. The second-order valence-corrected chi connectivity index (χ2v) is 3.86. The topological polar surface area (TPSA) is 39.6 Å². The van der Waals surface area contributed by atoms with Gasteiger partial charge in [0, 0.05) is 11.6 Å². The fourth-order valence-electron chi connectivity index (χ4n) is 1.81. The lowest BCUT2D eigenvalue weighted by Gasteiger charge is -2.07. The van der Waals surface area contributed by atoms with Crippen molar-refractivity contribution in [3.63, 3.8) is 0 Å². The number of hydrogen-bond donors (Lipinski definition) is 1. The Morgan fingerprint density at radius 2 is 2.13 bits per heavy atom. The lowest BCUT2D eigenvalue weighted by molar-refractivity contribution is 0.636. The van der Waals surface area contributed by atoms with Gasteiger partial charge in [-0.3, -0.25) is 0 Å². The maximum atomic E-state index is 13.4. The van der Waals surface area contributed by atoms with E-state index in [1.807, 2.05) is 13.8 Å². The van der Waals surface area contributed by atoms with E-state index in [0.717, 1.165) is 5.56 Å². The van der Waals surface area contributed by atoms with E-state index in [1.165, 1.54) is 6.07 Å². The molecule has 0 spiro atoms. The minimum absolute atomic E-state index is 0.274.